The number of likely N-dealkylation sites (tertiary alicyclic amines) is 1. The lowest BCUT2D eigenvalue weighted by Gasteiger charge is -2.66. The molecular weight excluding hydrogens is 470 g/mol. The van der Waals surface area contributed by atoms with E-state index in [4.69, 9.17) is 0 Å². The molecule has 1 heterocycles. The van der Waals surface area contributed by atoms with Crippen molar-refractivity contribution in [1.29, 1.82) is 0 Å². The van der Waals surface area contributed by atoms with Gasteiger partial charge in [0.05, 0.1) is 5.60 Å². The Balaban J connectivity index is 0.000000366. The fourth-order valence-corrected chi connectivity index (χ4v) is 7.83. The van der Waals surface area contributed by atoms with Gasteiger partial charge in [0, 0.05) is 23.1 Å². The van der Waals surface area contributed by atoms with Crippen molar-refractivity contribution >= 4 is 0 Å². The number of rotatable bonds is 3. The van der Waals surface area contributed by atoms with E-state index in [9.17, 15) is 15.3 Å². The van der Waals surface area contributed by atoms with Crippen LogP contribution in [-0.4, -0.2) is 44.4 Å². The van der Waals surface area contributed by atoms with Gasteiger partial charge in [0.2, 0.25) is 0 Å². The highest BCUT2D eigenvalue weighted by Crippen LogP contribution is 2.64. The van der Waals surface area contributed by atoms with E-state index in [-0.39, 0.29) is 17.0 Å². The molecule has 3 aromatic carbocycles. The van der Waals surface area contributed by atoms with Crippen LogP contribution in [0.2, 0.25) is 0 Å². The topological polar surface area (TPSA) is 63.9 Å². The standard InChI is InChI=1S/C27H35NO3.C7H8/c1-19-10-14-27(31)25(2)13-11-21-8-9-22(29)24(30)23(21)26(27,18-19)15-17-28(25)16-12-20-6-4-3-5-7-20;1-7-5-3-2-4-6-7/h3-9,19,29-31H,10-18H2,1-2H3;2-6H,1H3/t19?,25-,26-,27?;/m1./s1. The number of aryl methyl sites for hydroxylation is 2. The quantitative estimate of drug-likeness (QED) is 0.348. The summed E-state index contributed by atoms with van der Waals surface area (Å²) < 4.78 is 0. The van der Waals surface area contributed by atoms with E-state index < -0.39 is 11.0 Å². The summed E-state index contributed by atoms with van der Waals surface area (Å²) in [5, 5.41) is 34.0. The zero-order valence-electron chi connectivity index (χ0n) is 23.2. The Bertz CT molecular complexity index is 1250. The molecule has 1 saturated heterocycles. The molecule has 38 heavy (non-hydrogen) atoms. The Morgan fingerprint density at radius 1 is 0.895 bits per heavy atom. The SMILES string of the molecule is CC1CCC2(O)[C@]3(CCN(CCc4ccccc4)[C@]2(C)CCc2ccc(O)c(O)c23)C1.Cc1ccccc1. The summed E-state index contributed by atoms with van der Waals surface area (Å²) in [6, 6.07) is 24.4. The first-order valence-corrected chi connectivity index (χ1v) is 14.3. The van der Waals surface area contributed by atoms with Crippen LogP contribution < -0.4 is 0 Å². The molecule has 202 valence electrons. The minimum absolute atomic E-state index is 0.00740. The zero-order chi connectivity index (χ0) is 27.0. The first-order chi connectivity index (χ1) is 18.2. The first kappa shape index (κ1) is 26.8. The zero-order valence-corrected chi connectivity index (χ0v) is 23.2. The lowest BCUT2D eigenvalue weighted by atomic mass is 9.48. The van der Waals surface area contributed by atoms with Crippen molar-refractivity contribution in [1.82, 2.24) is 4.90 Å². The summed E-state index contributed by atoms with van der Waals surface area (Å²) >= 11 is 0. The van der Waals surface area contributed by atoms with Gasteiger partial charge in [-0.2, -0.15) is 0 Å². The molecule has 2 fully saturated rings. The van der Waals surface area contributed by atoms with Crippen molar-refractivity contribution in [2.24, 2.45) is 5.92 Å². The van der Waals surface area contributed by atoms with E-state index in [1.807, 2.05) is 24.3 Å². The van der Waals surface area contributed by atoms with E-state index >= 15 is 0 Å². The van der Waals surface area contributed by atoms with Gasteiger partial charge in [-0.15, -0.1) is 0 Å². The van der Waals surface area contributed by atoms with Crippen LogP contribution in [0, 0.1) is 12.8 Å². The lowest BCUT2D eigenvalue weighted by Crippen LogP contribution is -2.75. The average Bonchev–Trinajstić information content (AvgIpc) is 2.95. The highest BCUT2D eigenvalue weighted by atomic mass is 16.3. The molecule has 3 aromatic rings. The maximum Gasteiger partial charge on any atom is 0.161 e. The van der Waals surface area contributed by atoms with Gasteiger partial charge in [-0.1, -0.05) is 79.2 Å². The molecule has 0 spiro atoms. The number of hydrogen-bond donors (Lipinski definition) is 3. The van der Waals surface area contributed by atoms with Gasteiger partial charge in [-0.3, -0.25) is 4.90 Å². The molecule has 4 heteroatoms. The summed E-state index contributed by atoms with van der Waals surface area (Å²) in [7, 11) is 0. The number of benzene rings is 3. The van der Waals surface area contributed by atoms with Gasteiger partial charge in [-0.25, -0.2) is 0 Å². The van der Waals surface area contributed by atoms with Crippen molar-refractivity contribution in [3.8, 4) is 11.5 Å². The van der Waals surface area contributed by atoms with Crippen LogP contribution in [0.25, 0.3) is 0 Å². The van der Waals surface area contributed by atoms with Crippen LogP contribution in [-0.2, 0) is 18.3 Å². The second kappa shape index (κ2) is 10.4. The fraction of sp³-hybridized carbons (Fsp3) is 0.471. The summed E-state index contributed by atoms with van der Waals surface area (Å²) in [6.07, 6.45) is 6.02. The van der Waals surface area contributed by atoms with Gasteiger partial charge in [0.15, 0.2) is 11.5 Å². The Morgan fingerprint density at radius 3 is 2.24 bits per heavy atom. The molecule has 0 amide bonds. The van der Waals surface area contributed by atoms with Crippen LogP contribution in [0.15, 0.2) is 72.8 Å². The highest BCUT2D eigenvalue weighted by Gasteiger charge is 2.68. The number of aromatic hydroxyl groups is 2. The van der Waals surface area contributed by atoms with E-state index in [1.165, 1.54) is 11.1 Å². The molecule has 3 aliphatic rings. The Morgan fingerprint density at radius 2 is 1.58 bits per heavy atom. The second-order valence-electron chi connectivity index (χ2n) is 12.2. The minimum atomic E-state index is -0.933. The van der Waals surface area contributed by atoms with Crippen LogP contribution in [0.3, 0.4) is 0 Å². The number of phenolic OH excluding ortho intramolecular Hbond substituents is 2. The van der Waals surface area contributed by atoms with Crippen molar-refractivity contribution in [2.75, 3.05) is 13.1 Å². The maximum absolute atomic E-state index is 12.6. The van der Waals surface area contributed by atoms with Crippen molar-refractivity contribution in [3.05, 3.63) is 95.1 Å². The smallest absolute Gasteiger partial charge is 0.161 e. The normalized spacial score (nSPS) is 30.3. The molecule has 4 nitrogen and oxygen atoms in total. The first-order valence-electron chi connectivity index (χ1n) is 14.3. The molecule has 1 saturated carbocycles. The van der Waals surface area contributed by atoms with Crippen molar-refractivity contribution < 1.29 is 15.3 Å². The average molecular weight is 514 g/mol. The number of fused-ring (bicyclic) bond motifs is 1. The number of hydrogen-bond acceptors (Lipinski definition) is 4. The van der Waals surface area contributed by atoms with Crippen molar-refractivity contribution in [2.45, 2.75) is 82.3 Å². The van der Waals surface area contributed by atoms with Crippen LogP contribution in [0.1, 0.15) is 68.2 Å². The molecule has 1 aliphatic heterocycles. The van der Waals surface area contributed by atoms with Gasteiger partial charge in [0.1, 0.15) is 0 Å². The number of piperidine rings is 1. The van der Waals surface area contributed by atoms with E-state index in [0.29, 0.717) is 5.92 Å². The maximum atomic E-state index is 12.6. The third kappa shape index (κ3) is 4.42. The fourth-order valence-electron chi connectivity index (χ4n) is 7.83. The number of nitrogens with zero attached hydrogens (tertiary/aromatic N) is 1. The predicted octanol–water partition coefficient (Wildman–Crippen LogP) is 6.54. The minimum Gasteiger partial charge on any atom is -0.504 e. The Hall–Kier alpha value is -2.82. The monoisotopic (exact) mass is 513 g/mol. The molecule has 6 rings (SSSR count). The van der Waals surface area contributed by atoms with Crippen LogP contribution in [0.4, 0.5) is 0 Å². The van der Waals surface area contributed by atoms with Gasteiger partial charge >= 0.3 is 0 Å². The van der Waals surface area contributed by atoms with Crippen molar-refractivity contribution in [3.63, 3.8) is 0 Å². The molecule has 2 bridgehead atoms. The molecule has 0 aromatic heterocycles. The van der Waals surface area contributed by atoms with Crippen LogP contribution >= 0.6 is 0 Å². The summed E-state index contributed by atoms with van der Waals surface area (Å²) in [5.74, 6) is 0.406. The third-order valence-corrected chi connectivity index (χ3v) is 9.94. The molecule has 3 N–H and O–H groups in total. The van der Waals surface area contributed by atoms with E-state index in [0.717, 1.165) is 69.2 Å². The summed E-state index contributed by atoms with van der Waals surface area (Å²) in [6.45, 7) is 8.41. The molecule has 4 atom stereocenters. The van der Waals surface area contributed by atoms with Gasteiger partial charge in [-0.05, 0) is 88.4 Å². The summed E-state index contributed by atoms with van der Waals surface area (Å²) in [5.41, 5.74) is 2.75. The van der Waals surface area contributed by atoms with Gasteiger partial charge in [0.25, 0.3) is 0 Å². The van der Waals surface area contributed by atoms with Crippen LogP contribution in [0.5, 0.6) is 11.5 Å². The Kier molecular flexibility index (Phi) is 7.32. The second-order valence-corrected chi connectivity index (χ2v) is 12.2. The molecule has 0 radical (unpaired) electrons. The lowest BCUT2D eigenvalue weighted by molar-refractivity contribution is -0.208. The highest BCUT2D eigenvalue weighted by molar-refractivity contribution is 5.57. The molecule has 2 aliphatic carbocycles. The molecular formula is C34H43NO3. The largest absolute Gasteiger partial charge is 0.504 e. The van der Waals surface area contributed by atoms with Gasteiger partial charge < -0.3 is 15.3 Å². The third-order valence-electron chi connectivity index (χ3n) is 9.94. The number of aliphatic hydroxyl groups is 1. The summed E-state index contributed by atoms with van der Waals surface area (Å²) in [4.78, 5) is 2.52. The molecule has 2 unspecified atom stereocenters. The predicted molar refractivity (Wildman–Crippen MR) is 154 cm³/mol. The number of phenols is 2. The Labute approximate surface area is 228 Å². The van der Waals surface area contributed by atoms with E-state index in [1.54, 1.807) is 6.07 Å². The van der Waals surface area contributed by atoms with E-state index in [2.05, 4.69) is 68.1 Å².